The van der Waals surface area contributed by atoms with Gasteiger partial charge in [-0.25, -0.2) is 0 Å². The van der Waals surface area contributed by atoms with E-state index in [1.165, 1.54) is 38.5 Å². The van der Waals surface area contributed by atoms with Crippen LogP contribution < -0.4 is 17.2 Å². The molecule has 4 fully saturated rings. The van der Waals surface area contributed by atoms with Crippen LogP contribution in [0, 0.1) is 46.3 Å². The summed E-state index contributed by atoms with van der Waals surface area (Å²) in [5.41, 5.74) is 16.7. The molecule has 0 aromatic rings. The molecule has 6 N–H and O–H groups in total. The van der Waals surface area contributed by atoms with Crippen molar-refractivity contribution in [3.05, 3.63) is 0 Å². The van der Waals surface area contributed by atoms with Gasteiger partial charge in [0.2, 0.25) is 0 Å². The highest BCUT2D eigenvalue weighted by atomic mass is 16.6. The Morgan fingerprint density at radius 3 is 1.96 bits per heavy atom. The summed E-state index contributed by atoms with van der Waals surface area (Å²) in [6, 6.07) is 0. The summed E-state index contributed by atoms with van der Waals surface area (Å²) in [6.07, 6.45) is 14.9. The number of hydrogen-bond acceptors (Lipinski definition) is 11. The van der Waals surface area contributed by atoms with Gasteiger partial charge in [-0.1, -0.05) is 59.8 Å². The van der Waals surface area contributed by atoms with Crippen molar-refractivity contribution in [1.82, 2.24) is 0 Å². The van der Waals surface area contributed by atoms with E-state index in [2.05, 4.69) is 27.7 Å². The molecule has 0 heterocycles. The van der Waals surface area contributed by atoms with Crippen LogP contribution in [0.5, 0.6) is 0 Å². The van der Waals surface area contributed by atoms with Crippen molar-refractivity contribution < 1.29 is 38.1 Å². The van der Waals surface area contributed by atoms with E-state index in [-0.39, 0.29) is 127 Å². The maximum Gasteiger partial charge on any atom is 0.307 e. The van der Waals surface area contributed by atoms with Crippen LogP contribution >= 0.6 is 0 Å². The summed E-state index contributed by atoms with van der Waals surface area (Å²) in [7, 11) is 1.77. The van der Waals surface area contributed by atoms with E-state index in [0.717, 1.165) is 38.7 Å². The molecule has 0 amide bonds. The van der Waals surface area contributed by atoms with Crippen LogP contribution in [0.2, 0.25) is 0 Å². The minimum absolute atomic E-state index is 0.0869. The highest BCUT2D eigenvalue weighted by Gasteiger charge is 2.67. The lowest BCUT2D eigenvalue weighted by atomic mass is 9.43. The second-order valence-electron chi connectivity index (χ2n) is 17.5. The van der Waals surface area contributed by atoms with Gasteiger partial charge in [-0.15, -0.1) is 0 Å². The topological polar surface area (TPSA) is 183 Å². The summed E-state index contributed by atoms with van der Waals surface area (Å²) >= 11 is 0. The van der Waals surface area contributed by atoms with Crippen LogP contribution in [0.4, 0.5) is 0 Å². The second kappa shape index (κ2) is 22.6. The summed E-state index contributed by atoms with van der Waals surface area (Å²) in [6.45, 7) is 12.4. The molecule has 0 aromatic carbocycles. The third-order valence-electron chi connectivity index (χ3n) is 14.0. The van der Waals surface area contributed by atoms with Crippen molar-refractivity contribution in [3.63, 3.8) is 0 Å². The molecule has 0 aliphatic heterocycles. The minimum Gasteiger partial charge on any atom is -0.462 e. The van der Waals surface area contributed by atoms with Crippen LogP contribution in [-0.2, 0) is 38.1 Å². The lowest BCUT2D eigenvalue weighted by Crippen LogP contribution is -2.63. The number of carbonyl (C=O) groups excluding carboxylic acids is 4. The number of methoxy groups -OCH3 is 1. The van der Waals surface area contributed by atoms with Crippen LogP contribution in [0.3, 0.4) is 0 Å². The minimum atomic E-state index is -0.321. The molecule has 54 heavy (non-hydrogen) atoms. The monoisotopic (exact) mass is 764 g/mol. The smallest absolute Gasteiger partial charge is 0.307 e. The zero-order valence-corrected chi connectivity index (χ0v) is 34.8. The molecule has 4 aliphatic carbocycles. The van der Waals surface area contributed by atoms with Gasteiger partial charge in [0.1, 0.15) is 24.1 Å². The summed E-state index contributed by atoms with van der Waals surface area (Å²) < 4.78 is 23.5. The molecule has 0 saturated heterocycles. The van der Waals surface area contributed by atoms with Gasteiger partial charge in [0, 0.05) is 51.1 Å². The maximum atomic E-state index is 13.1. The number of hydrogen-bond donors (Lipinski definition) is 3. The van der Waals surface area contributed by atoms with Crippen LogP contribution in [0.1, 0.15) is 150 Å². The number of Topliss-reactive ketones (excluding diaryl/α,β-unsaturated/α-hetero) is 1. The number of carbonyl (C=O) groups is 4. The predicted octanol–water partition coefficient (Wildman–Crippen LogP) is 6.65. The fourth-order valence-corrected chi connectivity index (χ4v) is 11.2. The van der Waals surface area contributed by atoms with Gasteiger partial charge in [0.05, 0.1) is 19.3 Å². The first-order valence-electron chi connectivity index (χ1n) is 21.5. The van der Waals surface area contributed by atoms with Crippen LogP contribution in [0.25, 0.3) is 0 Å². The second-order valence-corrected chi connectivity index (χ2v) is 17.5. The molecule has 0 aromatic heterocycles. The average molecular weight is 764 g/mol. The van der Waals surface area contributed by atoms with Crippen molar-refractivity contribution in [2.24, 2.45) is 63.5 Å². The molecule has 11 atom stereocenters. The fraction of sp³-hybridized carbons (Fsp3) is 0.907. The predicted molar refractivity (Wildman–Crippen MR) is 211 cm³/mol. The lowest BCUT2D eigenvalue weighted by Gasteiger charge is -2.64. The van der Waals surface area contributed by atoms with E-state index in [1.54, 1.807) is 14.0 Å². The molecule has 4 saturated carbocycles. The zero-order valence-electron chi connectivity index (χ0n) is 34.8. The highest BCUT2D eigenvalue weighted by molar-refractivity contribution is 5.75. The van der Waals surface area contributed by atoms with E-state index in [9.17, 15) is 19.2 Å². The standard InChI is InChI=1S/C34H57N3O7.C9H20O/c1-20(5-6-21(2)38)24-7-8-25-32-26(19-28(34(24,25)4)44-31(41)12-16-37)33(3)13-9-23(42-29(39)10-14-35)17-22(33)18-27(32)43-30(40)11-15-36;1-3-4-5-6-7-8-9-10-2/h20,22-28,32H,5-19,35-37H2,1-4H3;3-9H2,1-2H3/t20-,22+,23-,24-,25+,26+,27-,28+,32+,33+,34-;/m1./s1. The highest BCUT2D eigenvalue weighted by Crippen LogP contribution is 2.69. The maximum absolute atomic E-state index is 13.1. The Kier molecular flexibility index (Phi) is 19.4. The first kappa shape index (κ1) is 46.3. The fourth-order valence-electron chi connectivity index (χ4n) is 11.2. The van der Waals surface area contributed by atoms with Crippen molar-refractivity contribution in [2.75, 3.05) is 33.4 Å². The Balaban J connectivity index is 0.000000687. The molecule has 11 nitrogen and oxygen atoms in total. The number of unbranched alkanes of at least 4 members (excludes halogenated alkanes) is 5. The lowest BCUT2D eigenvalue weighted by molar-refractivity contribution is -0.225. The van der Waals surface area contributed by atoms with Crippen molar-refractivity contribution in [3.8, 4) is 0 Å². The average Bonchev–Trinajstić information content (AvgIpc) is 3.48. The summed E-state index contributed by atoms with van der Waals surface area (Å²) in [4.78, 5) is 50.3. The van der Waals surface area contributed by atoms with Crippen molar-refractivity contribution >= 4 is 23.7 Å². The third-order valence-corrected chi connectivity index (χ3v) is 14.0. The van der Waals surface area contributed by atoms with Crippen LogP contribution in [0.15, 0.2) is 0 Å². The van der Waals surface area contributed by atoms with E-state index in [4.69, 9.17) is 36.1 Å². The Morgan fingerprint density at radius 1 is 0.741 bits per heavy atom. The third kappa shape index (κ3) is 12.0. The molecule has 0 radical (unpaired) electrons. The summed E-state index contributed by atoms with van der Waals surface area (Å²) in [5.74, 6) is 0.589. The number of ether oxygens (including phenoxy) is 4. The van der Waals surface area contributed by atoms with Gasteiger partial charge >= 0.3 is 17.9 Å². The van der Waals surface area contributed by atoms with Gasteiger partial charge in [-0.3, -0.25) is 14.4 Å². The van der Waals surface area contributed by atoms with Crippen molar-refractivity contribution in [2.45, 2.75) is 169 Å². The zero-order chi connectivity index (χ0) is 39.9. The number of nitrogens with two attached hydrogens (primary N) is 3. The number of esters is 3. The number of ketones is 1. The SMILES string of the molecule is CC(=O)CC[C@@H](C)[C@H]1CC[C@H]2[C@@H]3[C@H](OC(=O)CCN)C[C@@H]4C[C@H](OC(=O)CCN)CC[C@]4(C)[C@H]3C[C@H](OC(=O)CCN)[C@]12C.CCCCCCCCOC. The van der Waals surface area contributed by atoms with Gasteiger partial charge < -0.3 is 40.9 Å². The number of rotatable bonds is 20. The molecule has 0 bridgehead atoms. The normalized spacial score (nSPS) is 33.2. The molecule has 11 heteroatoms. The first-order chi connectivity index (χ1) is 25.8. The van der Waals surface area contributed by atoms with Crippen LogP contribution in [-0.4, -0.2) is 75.4 Å². The Bertz CT molecular complexity index is 1180. The molecule has 4 rings (SSSR count). The van der Waals surface area contributed by atoms with E-state index < -0.39 is 0 Å². The molecule has 0 spiro atoms. The quantitative estimate of drug-likeness (QED) is 0.0686. The van der Waals surface area contributed by atoms with E-state index >= 15 is 0 Å². The molecular formula is C43H77N3O8. The molecule has 4 aliphatic rings. The van der Waals surface area contributed by atoms with Gasteiger partial charge in [0.15, 0.2) is 0 Å². The molecule has 0 unspecified atom stereocenters. The van der Waals surface area contributed by atoms with E-state index in [0.29, 0.717) is 25.7 Å². The van der Waals surface area contributed by atoms with Gasteiger partial charge in [-0.05, 0) is 99.7 Å². The first-order valence-corrected chi connectivity index (χ1v) is 21.5. The molecule has 312 valence electrons. The summed E-state index contributed by atoms with van der Waals surface area (Å²) in [5, 5.41) is 0. The number of fused-ring (bicyclic) bond motifs is 5. The Hall–Kier alpha value is -2.08. The van der Waals surface area contributed by atoms with Gasteiger partial charge in [-0.2, -0.15) is 0 Å². The van der Waals surface area contributed by atoms with Gasteiger partial charge in [0.25, 0.3) is 0 Å². The van der Waals surface area contributed by atoms with E-state index in [1.807, 2.05) is 0 Å². The molecular weight excluding hydrogens is 686 g/mol. The Labute approximate surface area is 326 Å². The van der Waals surface area contributed by atoms with Crippen molar-refractivity contribution in [1.29, 1.82) is 0 Å². The Morgan fingerprint density at radius 2 is 1.35 bits per heavy atom. The largest absolute Gasteiger partial charge is 0.462 e.